The largest absolute Gasteiger partial charge is 0.477 e. The van der Waals surface area contributed by atoms with E-state index in [9.17, 15) is 24.4 Å². The van der Waals surface area contributed by atoms with Crippen LogP contribution in [-0.2, 0) is 14.4 Å². The second-order valence-electron chi connectivity index (χ2n) is 6.79. The topological polar surface area (TPSA) is 181 Å². The predicted molar refractivity (Wildman–Crippen MR) is 114 cm³/mol. The van der Waals surface area contributed by atoms with E-state index in [2.05, 4.69) is 24.8 Å². The van der Waals surface area contributed by atoms with Gasteiger partial charge in [-0.1, -0.05) is 23.4 Å². The van der Waals surface area contributed by atoms with E-state index < -0.39 is 35.9 Å². The molecule has 0 aromatic carbocycles. The number of nitrogens with one attached hydrogen (secondary N) is 1. The van der Waals surface area contributed by atoms with Crippen molar-refractivity contribution in [1.82, 2.24) is 24.6 Å². The van der Waals surface area contributed by atoms with Crippen LogP contribution in [0.2, 0.25) is 5.15 Å². The standard InChI is InChI=1S/C17H14ClN7O5S2/c18-9-5-6(3-4-20-9)31-8-2-1-7-10(15(27)25(7)12(8)16(28)29)21-14(26)11(23-30)13-22-17(19)32-24-13/h3-5,7,10-11H,1-2H2,(H,21,26)(H,28,29)(H2,19,22,24)/t7?,10-,11?/m0/s1. The van der Waals surface area contributed by atoms with Crippen molar-refractivity contribution in [3.05, 3.63) is 44.8 Å². The van der Waals surface area contributed by atoms with E-state index in [1.54, 1.807) is 12.1 Å². The van der Waals surface area contributed by atoms with Crippen LogP contribution in [0.1, 0.15) is 24.7 Å². The molecule has 2 amide bonds. The zero-order chi connectivity index (χ0) is 23.0. The SMILES string of the molecule is Nc1nc(C(N=O)C(=O)N[C@@H]2C(=O)N3C(C(=O)O)=C(Sc4ccnc(Cl)c4)CCC23)ns1. The van der Waals surface area contributed by atoms with E-state index in [0.29, 0.717) is 22.6 Å². The van der Waals surface area contributed by atoms with Crippen molar-refractivity contribution >= 4 is 57.8 Å². The highest BCUT2D eigenvalue weighted by atomic mass is 35.5. The van der Waals surface area contributed by atoms with Crippen LogP contribution in [0.15, 0.2) is 39.0 Å². The van der Waals surface area contributed by atoms with Gasteiger partial charge in [0.1, 0.15) is 16.9 Å². The average Bonchev–Trinajstić information content (AvgIpc) is 3.17. The van der Waals surface area contributed by atoms with Crippen LogP contribution >= 0.6 is 34.9 Å². The number of nitroso groups, excluding NO2 is 1. The summed E-state index contributed by atoms with van der Waals surface area (Å²) >= 11 is 7.89. The molecule has 12 nitrogen and oxygen atoms in total. The molecule has 2 aromatic heterocycles. The number of rotatable bonds is 7. The summed E-state index contributed by atoms with van der Waals surface area (Å²) in [5, 5.41) is 15.3. The molecule has 0 radical (unpaired) electrons. The Morgan fingerprint density at radius 3 is 2.88 bits per heavy atom. The summed E-state index contributed by atoms with van der Waals surface area (Å²) in [5.74, 6) is -2.87. The second-order valence-corrected chi connectivity index (χ2v) is 9.13. The summed E-state index contributed by atoms with van der Waals surface area (Å²) in [5.41, 5.74) is 5.33. The number of carbonyl (C=O) groups excluding carboxylic acids is 2. The first-order chi connectivity index (χ1) is 15.3. The van der Waals surface area contributed by atoms with Gasteiger partial charge in [0, 0.05) is 27.5 Å². The molecule has 4 heterocycles. The maximum Gasteiger partial charge on any atom is 0.353 e. The van der Waals surface area contributed by atoms with Crippen LogP contribution in [-0.4, -0.2) is 54.2 Å². The number of β-lactam (4-membered cyclic amide) rings is 1. The lowest BCUT2D eigenvalue weighted by atomic mass is 9.86. The van der Waals surface area contributed by atoms with Crippen molar-refractivity contribution in [2.24, 2.45) is 5.18 Å². The van der Waals surface area contributed by atoms with Crippen LogP contribution in [0, 0.1) is 4.91 Å². The number of nitrogens with two attached hydrogens (primary N) is 1. The van der Waals surface area contributed by atoms with Gasteiger partial charge in [0.2, 0.25) is 6.04 Å². The molecule has 15 heteroatoms. The number of thioether (sulfide) groups is 1. The van der Waals surface area contributed by atoms with Crippen LogP contribution in [0.5, 0.6) is 0 Å². The summed E-state index contributed by atoms with van der Waals surface area (Å²) in [6, 6.07) is 0.160. The normalized spacial score (nSPS) is 20.9. The fourth-order valence-corrected chi connectivity index (χ4v) is 5.31. The minimum absolute atomic E-state index is 0.0661. The van der Waals surface area contributed by atoms with E-state index in [1.807, 2.05) is 0 Å². The lowest BCUT2D eigenvalue weighted by Gasteiger charge is -2.50. The van der Waals surface area contributed by atoms with Gasteiger partial charge in [-0.25, -0.2) is 14.8 Å². The molecule has 0 saturated carbocycles. The van der Waals surface area contributed by atoms with Gasteiger partial charge in [-0.05, 0) is 30.2 Å². The first-order valence-electron chi connectivity index (χ1n) is 9.11. The minimum Gasteiger partial charge on any atom is -0.477 e. The van der Waals surface area contributed by atoms with E-state index >= 15 is 0 Å². The van der Waals surface area contributed by atoms with Gasteiger partial charge in [-0.2, -0.15) is 4.37 Å². The van der Waals surface area contributed by atoms with Crippen molar-refractivity contribution < 1.29 is 19.5 Å². The fourth-order valence-electron chi connectivity index (χ4n) is 3.52. The van der Waals surface area contributed by atoms with E-state index in [1.165, 1.54) is 18.0 Å². The highest BCUT2D eigenvalue weighted by Gasteiger charge is 2.54. The Morgan fingerprint density at radius 2 is 2.25 bits per heavy atom. The van der Waals surface area contributed by atoms with Crippen LogP contribution in [0.3, 0.4) is 0 Å². The van der Waals surface area contributed by atoms with Gasteiger partial charge >= 0.3 is 5.97 Å². The molecule has 2 aliphatic rings. The highest BCUT2D eigenvalue weighted by molar-refractivity contribution is 8.03. The zero-order valence-corrected chi connectivity index (χ0v) is 18.4. The van der Waals surface area contributed by atoms with Crippen LogP contribution < -0.4 is 11.1 Å². The third-order valence-corrected chi connectivity index (χ3v) is 6.78. The number of carbonyl (C=O) groups is 3. The van der Waals surface area contributed by atoms with Gasteiger partial charge in [-0.3, -0.25) is 14.5 Å². The number of nitrogen functional groups attached to an aromatic ring is 1. The van der Waals surface area contributed by atoms with Gasteiger partial charge < -0.3 is 16.2 Å². The maximum absolute atomic E-state index is 12.8. The molecule has 3 atom stereocenters. The number of halogens is 1. The summed E-state index contributed by atoms with van der Waals surface area (Å²) in [6.45, 7) is 0. The Kier molecular flexibility index (Phi) is 6.08. The summed E-state index contributed by atoms with van der Waals surface area (Å²) in [6.07, 6.45) is 2.28. The van der Waals surface area contributed by atoms with Gasteiger partial charge in [-0.15, -0.1) is 4.91 Å². The number of nitrogens with zero attached hydrogens (tertiary/aromatic N) is 5. The molecule has 2 aromatic rings. The number of hydrogen-bond acceptors (Lipinski definition) is 11. The Morgan fingerprint density at radius 1 is 1.47 bits per heavy atom. The van der Waals surface area contributed by atoms with Crippen molar-refractivity contribution in [2.75, 3.05) is 5.73 Å². The molecule has 1 fully saturated rings. The molecule has 32 heavy (non-hydrogen) atoms. The smallest absolute Gasteiger partial charge is 0.353 e. The molecule has 4 rings (SSSR count). The molecular formula is C17H14ClN7O5S2. The molecule has 0 spiro atoms. The molecule has 1 saturated heterocycles. The number of aliphatic carboxylic acids is 1. The Bertz CT molecular complexity index is 1160. The summed E-state index contributed by atoms with van der Waals surface area (Å²) in [7, 11) is 0. The van der Waals surface area contributed by atoms with E-state index in [0.717, 1.165) is 16.4 Å². The Labute approximate surface area is 193 Å². The number of fused-ring (bicyclic) bond motifs is 1. The molecule has 166 valence electrons. The summed E-state index contributed by atoms with van der Waals surface area (Å²) < 4.78 is 3.80. The number of pyridine rings is 1. The van der Waals surface area contributed by atoms with Gasteiger partial charge in [0.05, 0.1) is 6.04 Å². The lowest BCUT2D eigenvalue weighted by Crippen LogP contribution is -2.71. The number of allylic oxidation sites excluding steroid dienone is 1. The average molecular weight is 496 g/mol. The monoisotopic (exact) mass is 495 g/mol. The van der Waals surface area contributed by atoms with Crippen LogP contribution in [0.25, 0.3) is 0 Å². The third-order valence-electron chi connectivity index (χ3n) is 4.89. The molecule has 0 bridgehead atoms. The highest BCUT2D eigenvalue weighted by Crippen LogP contribution is 2.43. The van der Waals surface area contributed by atoms with Gasteiger partial charge in [0.25, 0.3) is 11.8 Å². The second kappa shape index (κ2) is 8.80. The number of carboxylic acid groups (broad SMARTS) is 1. The fraction of sp³-hybridized carbons (Fsp3) is 0.294. The molecular weight excluding hydrogens is 482 g/mol. The van der Waals surface area contributed by atoms with Crippen molar-refractivity contribution in [2.45, 2.75) is 35.9 Å². The maximum atomic E-state index is 12.8. The number of amides is 2. The minimum atomic E-state index is -1.56. The molecule has 2 unspecified atom stereocenters. The first-order valence-corrected chi connectivity index (χ1v) is 11.1. The number of aromatic nitrogens is 3. The zero-order valence-electron chi connectivity index (χ0n) is 16.0. The van der Waals surface area contributed by atoms with Crippen LogP contribution in [0.4, 0.5) is 5.13 Å². The van der Waals surface area contributed by atoms with E-state index in [-0.39, 0.29) is 21.8 Å². The third kappa shape index (κ3) is 4.03. The number of carboxylic acids is 1. The van der Waals surface area contributed by atoms with Gasteiger partial charge in [0.15, 0.2) is 11.0 Å². The van der Waals surface area contributed by atoms with Crippen molar-refractivity contribution in [3.8, 4) is 0 Å². The van der Waals surface area contributed by atoms with E-state index in [4.69, 9.17) is 17.3 Å². The summed E-state index contributed by atoms with van der Waals surface area (Å²) in [4.78, 5) is 58.4. The number of hydrogen-bond donors (Lipinski definition) is 3. The lowest BCUT2D eigenvalue weighted by molar-refractivity contribution is -0.156. The first kappa shape index (κ1) is 22.1. The molecule has 0 aliphatic carbocycles. The quantitative estimate of drug-likeness (QED) is 0.289. The molecule has 2 aliphatic heterocycles. The Hall–Kier alpha value is -3.10. The van der Waals surface area contributed by atoms with Crippen molar-refractivity contribution in [3.63, 3.8) is 0 Å². The molecule has 4 N–H and O–H groups in total. The van der Waals surface area contributed by atoms with Crippen molar-refractivity contribution in [1.29, 1.82) is 0 Å². The number of anilines is 1. The Balaban J connectivity index is 1.52. The predicted octanol–water partition coefficient (Wildman–Crippen LogP) is 1.55.